The van der Waals surface area contributed by atoms with Crippen molar-refractivity contribution in [1.29, 1.82) is 0 Å². The van der Waals surface area contributed by atoms with Crippen molar-refractivity contribution in [2.45, 2.75) is 25.8 Å². The third-order valence-electron chi connectivity index (χ3n) is 3.27. The van der Waals surface area contributed by atoms with Gasteiger partial charge in [0.2, 0.25) is 0 Å². The second-order valence-electron chi connectivity index (χ2n) is 4.86. The first kappa shape index (κ1) is 11.8. The van der Waals surface area contributed by atoms with Crippen molar-refractivity contribution in [3.05, 3.63) is 35.9 Å². The molecule has 90 valence electrons. The summed E-state index contributed by atoms with van der Waals surface area (Å²) in [6.45, 7) is 3.95. The summed E-state index contributed by atoms with van der Waals surface area (Å²) in [5, 5.41) is 0. The Morgan fingerprint density at radius 2 is 2.00 bits per heavy atom. The molecule has 1 aliphatic heterocycles. The Kier molecular flexibility index (Phi) is 3.01. The highest BCUT2D eigenvalue weighted by molar-refractivity contribution is 6.04. The number of rotatable bonds is 2. The van der Waals surface area contributed by atoms with Gasteiger partial charge in [0.15, 0.2) is 0 Å². The van der Waals surface area contributed by atoms with E-state index in [0.717, 1.165) is 11.3 Å². The molecule has 0 N–H and O–H groups in total. The average Bonchev–Trinajstić information content (AvgIpc) is 2.65. The van der Waals surface area contributed by atoms with Crippen molar-refractivity contribution in [2.24, 2.45) is 10.9 Å². The maximum atomic E-state index is 11.7. The fourth-order valence-corrected chi connectivity index (χ4v) is 2.24. The smallest absolute Gasteiger partial charge is 0.311 e. The Bertz CT molecular complexity index is 449. The largest absolute Gasteiger partial charge is 0.469 e. The zero-order chi connectivity index (χ0) is 12.5. The Labute approximate surface area is 102 Å². The summed E-state index contributed by atoms with van der Waals surface area (Å²) in [6, 6.07) is 9.98. The molecule has 0 fully saturated rings. The minimum Gasteiger partial charge on any atom is -0.469 e. The Morgan fingerprint density at radius 3 is 2.59 bits per heavy atom. The fraction of sp³-hybridized carbons (Fsp3) is 0.429. The maximum Gasteiger partial charge on any atom is 0.311 e. The molecular weight excluding hydrogens is 214 g/mol. The van der Waals surface area contributed by atoms with Crippen LogP contribution in [0.15, 0.2) is 35.3 Å². The molecule has 3 heteroatoms. The van der Waals surface area contributed by atoms with E-state index in [-0.39, 0.29) is 17.4 Å². The van der Waals surface area contributed by atoms with Crippen molar-refractivity contribution in [2.75, 3.05) is 7.11 Å². The third kappa shape index (κ3) is 2.23. The van der Waals surface area contributed by atoms with Gasteiger partial charge in [-0.25, -0.2) is 0 Å². The highest BCUT2D eigenvalue weighted by Gasteiger charge is 2.41. The van der Waals surface area contributed by atoms with Gasteiger partial charge < -0.3 is 4.74 Å². The van der Waals surface area contributed by atoms with Gasteiger partial charge in [0, 0.05) is 12.1 Å². The van der Waals surface area contributed by atoms with E-state index in [0.29, 0.717) is 6.42 Å². The summed E-state index contributed by atoms with van der Waals surface area (Å²) < 4.78 is 4.84. The number of ether oxygens (including phenoxy) is 1. The molecule has 3 nitrogen and oxygen atoms in total. The molecule has 1 unspecified atom stereocenters. The van der Waals surface area contributed by atoms with Gasteiger partial charge in [0.05, 0.1) is 18.6 Å². The van der Waals surface area contributed by atoms with Crippen LogP contribution in [0.4, 0.5) is 0 Å². The molecule has 0 amide bonds. The van der Waals surface area contributed by atoms with E-state index in [2.05, 4.69) is 4.99 Å². The number of carbonyl (C=O) groups is 1. The molecular formula is C14H17NO2. The zero-order valence-electron chi connectivity index (χ0n) is 10.4. The standard InChI is InChI=1S/C14H17NO2/c1-14(2)11(13(16)17-3)9-12(15-14)10-7-5-4-6-8-10/h4-8,11H,9H2,1-3H3. The Balaban J connectivity index is 2.27. The highest BCUT2D eigenvalue weighted by Crippen LogP contribution is 2.34. The highest BCUT2D eigenvalue weighted by atomic mass is 16.5. The molecule has 0 saturated heterocycles. The molecule has 0 saturated carbocycles. The minimum atomic E-state index is -0.377. The number of benzene rings is 1. The van der Waals surface area contributed by atoms with Crippen LogP contribution in [0.2, 0.25) is 0 Å². The second-order valence-corrected chi connectivity index (χ2v) is 4.86. The molecule has 1 aromatic carbocycles. The van der Waals surface area contributed by atoms with E-state index in [1.54, 1.807) is 0 Å². The lowest BCUT2D eigenvalue weighted by Gasteiger charge is -2.21. The molecule has 17 heavy (non-hydrogen) atoms. The molecule has 2 rings (SSSR count). The van der Waals surface area contributed by atoms with E-state index in [4.69, 9.17) is 4.74 Å². The molecule has 0 aliphatic carbocycles. The quantitative estimate of drug-likeness (QED) is 0.733. The topological polar surface area (TPSA) is 38.7 Å². The summed E-state index contributed by atoms with van der Waals surface area (Å²) in [5.74, 6) is -0.354. The third-order valence-corrected chi connectivity index (χ3v) is 3.27. The number of methoxy groups -OCH3 is 1. The van der Waals surface area contributed by atoms with E-state index in [9.17, 15) is 4.79 Å². The van der Waals surface area contributed by atoms with Gasteiger partial charge in [0.1, 0.15) is 0 Å². The number of hydrogen-bond acceptors (Lipinski definition) is 3. The van der Waals surface area contributed by atoms with Crippen molar-refractivity contribution in [3.8, 4) is 0 Å². The summed E-state index contributed by atoms with van der Waals surface area (Å²) in [6.07, 6.45) is 0.656. The van der Waals surface area contributed by atoms with Crippen molar-refractivity contribution in [3.63, 3.8) is 0 Å². The molecule has 1 aliphatic rings. The van der Waals surface area contributed by atoms with Crippen LogP contribution in [0, 0.1) is 5.92 Å². The van der Waals surface area contributed by atoms with Crippen LogP contribution in [0.1, 0.15) is 25.8 Å². The number of nitrogens with zero attached hydrogens (tertiary/aromatic N) is 1. The summed E-state index contributed by atoms with van der Waals surface area (Å²) in [7, 11) is 1.43. The average molecular weight is 231 g/mol. The van der Waals surface area contributed by atoms with Gasteiger partial charge >= 0.3 is 5.97 Å². The fourth-order valence-electron chi connectivity index (χ4n) is 2.24. The Hall–Kier alpha value is -1.64. The maximum absolute atomic E-state index is 11.7. The Morgan fingerprint density at radius 1 is 1.35 bits per heavy atom. The van der Waals surface area contributed by atoms with Gasteiger partial charge in [0.25, 0.3) is 0 Å². The van der Waals surface area contributed by atoms with Gasteiger partial charge in [-0.2, -0.15) is 0 Å². The lowest BCUT2D eigenvalue weighted by atomic mass is 9.87. The van der Waals surface area contributed by atoms with Crippen LogP contribution in [-0.4, -0.2) is 24.3 Å². The SMILES string of the molecule is COC(=O)C1CC(c2ccccc2)=NC1(C)C. The second kappa shape index (κ2) is 4.32. The first-order valence-corrected chi connectivity index (χ1v) is 5.76. The molecule has 0 radical (unpaired) electrons. The van der Waals surface area contributed by atoms with Crippen LogP contribution in [0.5, 0.6) is 0 Å². The van der Waals surface area contributed by atoms with Gasteiger partial charge in [-0.05, 0) is 19.4 Å². The van der Waals surface area contributed by atoms with E-state index >= 15 is 0 Å². The van der Waals surface area contributed by atoms with Crippen molar-refractivity contribution >= 4 is 11.7 Å². The normalized spacial score (nSPS) is 22.1. The van der Waals surface area contributed by atoms with E-state index in [1.807, 2.05) is 44.2 Å². The first-order valence-electron chi connectivity index (χ1n) is 5.76. The number of carbonyl (C=O) groups excluding carboxylic acids is 1. The molecule has 1 atom stereocenters. The van der Waals surface area contributed by atoms with Crippen LogP contribution < -0.4 is 0 Å². The van der Waals surface area contributed by atoms with Gasteiger partial charge in [-0.3, -0.25) is 9.79 Å². The zero-order valence-corrected chi connectivity index (χ0v) is 10.4. The number of aliphatic imine (C=N–C) groups is 1. The molecule has 0 spiro atoms. The molecule has 1 heterocycles. The molecule has 1 aromatic rings. The summed E-state index contributed by atoms with van der Waals surface area (Å²) in [5.41, 5.74) is 1.70. The van der Waals surface area contributed by atoms with Crippen LogP contribution in [0.3, 0.4) is 0 Å². The molecule has 0 aromatic heterocycles. The molecule has 0 bridgehead atoms. The van der Waals surface area contributed by atoms with Gasteiger partial charge in [-0.15, -0.1) is 0 Å². The lowest BCUT2D eigenvalue weighted by Crippen LogP contribution is -2.32. The predicted molar refractivity (Wildman–Crippen MR) is 67.2 cm³/mol. The summed E-state index contributed by atoms with van der Waals surface area (Å²) in [4.78, 5) is 16.4. The van der Waals surface area contributed by atoms with Crippen molar-refractivity contribution in [1.82, 2.24) is 0 Å². The van der Waals surface area contributed by atoms with E-state index in [1.165, 1.54) is 7.11 Å². The minimum absolute atomic E-state index is 0.176. The number of hydrogen-bond donors (Lipinski definition) is 0. The van der Waals surface area contributed by atoms with Gasteiger partial charge in [-0.1, -0.05) is 30.3 Å². The monoisotopic (exact) mass is 231 g/mol. The summed E-state index contributed by atoms with van der Waals surface area (Å²) >= 11 is 0. The lowest BCUT2D eigenvalue weighted by molar-refractivity contribution is -0.146. The first-order chi connectivity index (χ1) is 8.04. The van der Waals surface area contributed by atoms with Crippen LogP contribution in [0.25, 0.3) is 0 Å². The van der Waals surface area contributed by atoms with Crippen LogP contribution in [-0.2, 0) is 9.53 Å². The predicted octanol–water partition coefficient (Wildman–Crippen LogP) is 2.45. The van der Waals surface area contributed by atoms with Crippen molar-refractivity contribution < 1.29 is 9.53 Å². The van der Waals surface area contributed by atoms with E-state index < -0.39 is 0 Å². The van der Waals surface area contributed by atoms with Crippen LogP contribution >= 0.6 is 0 Å². The number of esters is 1.